The molecule has 0 aliphatic carbocycles. The van der Waals surface area contributed by atoms with E-state index in [4.69, 9.17) is 20.8 Å². The highest BCUT2D eigenvalue weighted by atomic mass is 35.5. The maximum Gasteiger partial charge on any atom is 0.296 e. The Hall–Kier alpha value is -3.64. The second kappa shape index (κ2) is 7.80. The number of fused-ring (bicyclic) bond motifs is 2. The average Bonchev–Trinajstić information content (AvgIpc) is 3.07. The lowest BCUT2D eigenvalue weighted by Crippen LogP contribution is -2.30. The molecule has 32 heavy (non-hydrogen) atoms. The van der Waals surface area contributed by atoms with Crippen LogP contribution >= 0.6 is 11.6 Å². The Morgan fingerprint density at radius 3 is 2.75 bits per heavy atom. The van der Waals surface area contributed by atoms with Crippen molar-refractivity contribution >= 4 is 34.3 Å². The molecule has 0 radical (unpaired) electrons. The third-order valence-electron chi connectivity index (χ3n) is 5.46. The van der Waals surface area contributed by atoms with Gasteiger partial charge >= 0.3 is 0 Å². The highest BCUT2D eigenvalue weighted by molar-refractivity contribution is 6.31. The number of hydrogen-bond acceptors (Lipinski definition) is 5. The van der Waals surface area contributed by atoms with Gasteiger partial charge in [-0.25, -0.2) is 4.98 Å². The van der Waals surface area contributed by atoms with E-state index >= 15 is 0 Å². The zero-order valence-corrected chi connectivity index (χ0v) is 18.2. The number of anilines is 1. The second-order valence-corrected chi connectivity index (χ2v) is 8.03. The molecule has 0 fully saturated rings. The molecule has 0 spiro atoms. The van der Waals surface area contributed by atoms with Crippen molar-refractivity contribution < 1.29 is 13.9 Å². The van der Waals surface area contributed by atoms with Crippen molar-refractivity contribution in [3.05, 3.63) is 98.5 Å². The number of carbonyl (C=O) groups is 1. The van der Waals surface area contributed by atoms with Crippen LogP contribution in [-0.4, -0.2) is 17.5 Å². The molecule has 1 amide bonds. The Morgan fingerprint density at radius 1 is 1.12 bits per heavy atom. The van der Waals surface area contributed by atoms with Crippen molar-refractivity contribution in [2.45, 2.75) is 19.9 Å². The summed E-state index contributed by atoms with van der Waals surface area (Å²) in [6.07, 6.45) is 1.64. The first kappa shape index (κ1) is 20.3. The van der Waals surface area contributed by atoms with Crippen LogP contribution in [0, 0.1) is 6.92 Å². The summed E-state index contributed by atoms with van der Waals surface area (Å²) in [5, 5.41) is 0.746. The minimum absolute atomic E-state index is 0.0138. The lowest BCUT2D eigenvalue weighted by molar-refractivity contribution is 0.0970. The molecule has 1 unspecified atom stereocenters. The van der Waals surface area contributed by atoms with E-state index < -0.39 is 11.9 Å². The third kappa shape index (κ3) is 3.24. The van der Waals surface area contributed by atoms with Crippen molar-refractivity contribution in [1.82, 2.24) is 4.98 Å². The van der Waals surface area contributed by atoms with Gasteiger partial charge in [0, 0.05) is 11.2 Å². The molecule has 6 nitrogen and oxygen atoms in total. The quantitative estimate of drug-likeness (QED) is 0.425. The van der Waals surface area contributed by atoms with Gasteiger partial charge in [-0.15, -0.1) is 0 Å². The van der Waals surface area contributed by atoms with E-state index in [-0.39, 0.29) is 16.8 Å². The molecule has 0 bridgehead atoms. The van der Waals surface area contributed by atoms with Crippen molar-refractivity contribution in [2.75, 3.05) is 11.5 Å². The van der Waals surface area contributed by atoms with Gasteiger partial charge in [0.15, 0.2) is 5.43 Å². The lowest BCUT2D eigenvalue weighted by atomic mass is 9.98. The first-order chi connectivity index (χ1) is 15.5. The summed E-state index contributed by atoms with van der Waals surface area (Å²) in [6, 6.07) is 15.1. The number of carbonyl (C=O) groups excluding carboxylic acids is 1. The molecule has 2 aromatic heterocycles. The molecular formula is C25H19ClN2O4. The van der Waals surface area contributed by atoms with Crippen molar-refractivity contribution in [3.8, 4) is 5.75 Å². The highest BCUT2D eigenvalue weighted by Crippen LogP contribution is 2.41. The largest absolute Gasteiger partial charge is 0.494 e. The monoisotopic (exact) mass is 446 g/mol. The van der Waals surface area contributed by atoms with E-state index in [9.17, 15) is 9.59 Å². The molecule has 2 aromatic carbocycles. The predicted molar refractivity (Wildman–Crippen MR) is 123 cm³/mol. The SMILES string of the molecule is CCOc1cccc(C2c3c(oc4ccc(Cl)cc4c3=O)C(=O)N2c2cc(C)ccn2)c1. The molecule has 0 saturated heterocycles. The number of halogens is 1. The van der Waals surface area contributed by atoms with Crippen LogP contribution in [0.3, 0.4) is 0 Å². The molecule has 1 aliphatic heterocycles. The predicted octanol–water partition coefficient (Wildman–Crippen LogP) is 5.30. The third-order valence-corrected chi connectivity index (χ3v) is 5.70. The van der Waals surface area contributed by atoms with Gasteiger partial charge in [0.1, 0.15) is 17.2 Å². The Balaban J connectivity index is 1.80. The van der Waals surface area contributed by atoms with Crippen LogP contribution in [0.1, 0.15) is 40.2 Å². The first-order valence-electron chi connectivity index (χ1n) is 10.2. The number of pyridine rings is 1. The van der Waals surface area contributed by atoms with Gasteiger partial charge in [0.05, 0.1) is 23.6 Å². The minimum atomic E-state index is -0.716. The summed E-state index contributed by atoms with van der Waals surface area (Å²) in [7, 11) is 0. The fourth-order valence-corrected chi connectivity index (χ4v) is 4.26. The second-order valence-electron chi connectivity index (χ2n) is 7.59. The Morgan fingerprint density at radius 2 is 1.97 bits per heavy atom. The Kier molecular flexibility index (Phi) is 4.94. The van der Waals surface area contributed by atoms with Gasteiger partial charge in [-0.3, -0.25) is 14.5 Å². The summed E-state index contributed by atoms with van der Waals surface area (Å²) < 4.78 is 11.6. The van der Waals surface area contributed by atoms with E-state index in [0.29, 0.717) is 34.2 Å². The van der Waals surface area contributed by atoms with Gasteiger partial charge in [-0.05, 0) is 67.4 Å². The first-order valence-corrected chi connectivity index (χ1v) is 10.6. The van der Waals surface area contributed by atoms with Crippen LogP contribution in [0.15, 0.2) is 70.0 Å². The molecule has 0 saturated carbocycles. The summed E-state index contributed by atoms with van der Waals surface area (Å²) in [4.78, 5) is 33.1. The number of aryl methyl sites for hydroxylation is 1. The molecule has 160 valence electrons. The average molecular weight is 447 g/mol. The maximum atomic E-state index is 13.6. The van der Waals surface area contributed by atoms with Crippen molar-refractivity contribution in [2.24, 2.45) is 0 Å². The standard InChI is InChI=1S/C25H19ClN2O4/c1-3-31-17-6-4-5-15(12-17)22-21-23(29)18-13-16(26)7-8-19(18)32-24(21)25(30)28(22)20-11-14(2)9-10-27-20/h4-13,22H,3H2,1-2H3. The molecule has 4 aromatic rings. The molecule has 3 heterocycles. The van der Waals surface area contributed by atoms with E-state index in [1.54, 1.807) is 24.4 Å². The molecule has 1 atom stereocenters. The molecule has 7 heteroatoms. The van der Waals surface area contributed by atoms with Gasteiger partial charge in [0.25, 0.3) is 5.91 Å². The van der Waals surface area contributed by atoms with Crippen LogP contribution in [-0.2, 0) is 0 Å². The number of hydrogen-bond donors (Lipinski definition) is 0. The van der Waals surface area contributed by atoms with E-state index in [0.717, 1.165) is 11.1 Å². The van der Waals surface area contributed by atoms with Gasteiger partial charge in [-0.1, -0.05) is 23.7 Å². The normalized spacial score (nSPS) is 15.3. The number of amides is 1. The number of ether oxygens (including phenoxy) is 1. The van der Waals surface area contributed by atoms with Crippen LogP contribution < -0.4 is 15.1 Å². The zero-order valence-electron chi connectivity index (χ0n) is 17.5. The number of benzene rings is 2. The van der Waals surface area contributed by atoms with Crippen molar-refractivity contribution in [3.63, 3.8) is 0 Å². The van der Waals surface area contributed by atoms with Crippen LogP contribution in [0.2, 0.25) is 5.02 Å². The van der Waals surface area contributed by atoms with E-state index in [2.05, 4.69) is 4.98 Å². The zero-order chi connectivity index (χ0) is 22.4. The van der Waals surface area contributed by atoms with Gasteiger partial charge in [0.2, 0.25) is 5.76 Å². The smallest absolute Gasteiger partial charge is 0.296 e. The topological polar surface area (TPSA) is 72.6 Å². The maximum absolute atomic E-state index is 13.6. The summed E-state index contributed by atoms with van der Waals surface area (Å²) >= 11 is 6.14. The van der Waals surface area contributed by atoms with Crippen LogP contribution in [0.25, 0.3) is 11.0 Å². The molecule has 5 rings (SSSR count). The molecule has 1 aliphatic rings. The summed E-state index contributed by atoms with van der Waals surface area (Å²) in [6.45, 7) is 4.32. The van der Waals surface area contributed by atoms with E-state index in [1.165, 1.54) is 4.90 Å². The van der Waals surface area contributed by atoms with E-state index in [1.807, 2.05) is 50.2 Å². The summed E-state index contributed by atoms with van der Waals surface area (Å²) in [5.41, 5.74) is 1.95. The molecular weight excluding hydrogens is 428 g/mol. The number of nitrogens with zero attached hydrogens (tertiary/aromatic N) is 2. The molecule has 0 N–H and O–H groups in total. The highest BCUT2D eigenvalue weighted by Gasteiger charge is 2.44. The fourth-order valence-electron chi connectivity index (χ4n) is 4.09. The number of aromatic nitrogens is 1. The Bertz CT molecular complexity index is 1430. The minimum Gasteiger partial charge on any atom is -0.494 e. The van der Waals surface area contributed by atoms with Crippen LogP contribution in [0.5, 0.6) is 5.75 Å². The number of rotatable bonds is 4. The Labute approximate surface area is 189 Å². The van der Waals surface area contributed by atoms with Crippen molar-refractivity contribution in [1.29, 1.82) is 0 Å². The van der Waals surface area contributed by atoms with Gasteiger partial charge in [-0.2, -0.15) is 0 Å². The summed E-state index contributed by atoms with van der Waals surface area (Å²) in [5.74, 6) is 0.685. The lowest BCUT2D eigenvalue weighted by Gasteiger charge is -2.24. The fraction of sp³-hybridized carbons (Fsp3) is 0.160. The van der Waals surface area contributed by atoms with Crippen LogP contribution in [0.4, 0.5) is 5.82 Å². The van der Waals surface area contributed by atoms with Gasteiger partial charge < -0.3 is 9.15 Å².